The molecule has 0 aromatic rings. The fraction of sp³-hybridized carbons (Fsp3) is 0.882. The molecule has 0 bridgehead atoms. The lowest BCUT2D eigenvalue weighted by molar-refractivity contribution is -0.352. The molecule has 8 N–H and O–H groups in total. The standard InChI is InChI=1S/C17H28F2N2O11/c1-5-8(23)9(24)7(21-6(2)22)15(30-5)32-13-11(26)10(25)12(14(27)28)31-16(13)29-4-17(18,19)3-20/h5,7-13,15-16,23-26H,3-4,20H2,1-2H3,(H,21,22)(H,27,28)/t5?,7-,8+,9?,10-,11?,12?,13-,15-,16+/m0/s1. The van der Waals surface area contributed by atoms with Gasteiger partial charge in [0.15, 0.2) is 18.7 Å². The number of carboxylic acids is 1. The van der Waals surface area contributed by atoms with Gasteiger partial charge in [0.1, 0.15) is 43.2 Å². The molecule has 0 aliphatic carbocycles. The van der Waals surface area contributed by atoms with Crippen LogP contribution in [0.3, 0.4) is 0 Å². The van der Waals surface area contributed by atoms with Crippen molar-refractivity contribution in [1.29, 1.82) is 0 Å². The molecule has 186 valence electrons. The minimum Gasteiger partial charge on any atom is -0.479 e. The average molecular weight is 474 g/mol. The van der Waals surface area contributed by atoms with E-state index in [1.165, 1.54) is 6.92 Å². The van der Waals surface area contributed by atoms with Gasteiger partial charge in [0.2, 0.25) is 5.91 Å². The molecule has 2 saturated heterocycles. The predicted octanol–water partition coefficient (Wildman–Crippen LogP) is -3.52. The quantitative estimate of drug-likeness (QED) is 0.183. The third kappa shape index (κ3) is 6.06. The smallest absolute Gasteiger partial charge is 0.335 e. The van der Waals surface area contributed by atoms with Crippen LogP contribution in [-0.2, 0) is 28.5 Å². The topological polar surface area (TPSA) is 210 Å². The summed E-state index contributed by atoms with van der Waals surface area (Å²) in [6.07, 6.45) is -15.5. The molecule has 0 aromatic heterocycles. The fourth-order valence-corrected chi connectivity index (χ4v) is 3.27. The number of carbonyl (C=O) groups excluding carboxylic acids is 1. The van der Waals surface area contributed by atoms with Crippen LogP contribution in [0.2, 0.25) is 0 Å². The number of nitrogens with two attached hydrogens (primary N) is 1. The van der Waals surface area contributed by atoms with Crippen LogP contribution in [0.25, 0.3) is 0 Å². The van der Waals surface area contributed by atoms with E-state index in [1.807, 2.05) is 0 Å². The lowest BCUT2D eigenvalue weighted by Crippen LogP contribution is -2.67. The zero-order valence-electron chi connectivity index (χ0n) is 17.2. The Kier molecular flexibility index (Phi) is 8.82. The second-order valence-corrected chi connectivity index (χ2v) is 7.63. The molecule has 13 nitrogen and oxygen atoms in total. The van der Waals surface area contributed by atoms with Crippen LogP contribution in [0.5, 0.6) is 0 Å². The Bertz CT molecular complexity index is 672. The van der Waals surface area contributed by atoms with E-state index in [1.54, 1.807) is 0 Å². The molecule has 0 spiro atoms. The van der Waals surface area contributed by atoms with Crippen LogP contribution in [-0.4, -0.2) is 118 Å². The summed E-state index contributed by atoms with van der Waals surface area (Å²) in [6.45, 7) is 0.0419. The third-order valence-corrected chi connectivity index (χ3v) is 5.05. The number of halogens is 2. The second kappa shape index (κ2) is 10.6. The first-order valence-electron chi connectivity index (χ1n) is 9.67. The highest BCUT2D eigenvalue weighted by Gasteiger charge is 2.53. The highest BCUT2D eigenvalue weighted by Crippen LogP contribution is 2.30. The van der Waals surface area contributed by atoms with E-state index >= 15 is 0 Å². The van der Waals surface area contributed by atoms with E-state index in [0.29, 0.717) is 0 Å². The van der Waals surface area contributed by atoms with Crippen LogP contribution >= 0.6 is 0 Å². The van der Waals surface area contributed by atoms with Gasteiger partial charge in [0, 0.05) is 6.92 Å². The monoisotopic (exact) mass is 474 g/mol. The van der Waals surface area contributed by atoms with Crippen molar-refractivity contribution >= 4 is 11.9 Å². The molecule has 0 saturated carbocycles. The van der Waals surface area contributed by atoms with Crippen LogP contribution in [0.15, 0.2) is 0 Å². The van der Waals surface area contributed by atoms with Crippen molar-refractivity contribution in [2.45, 2.75) is 81.1 Å². The van der Waals surface area contributed by atoms with Crippen LogP contribution in [0.4, 0.5) is 8.78 Å². The predicted molar refractivity (Wildman–Crippen MR) is 97.1 cm³/mol. The van der Waals surface area contributed by atoms with Gasteiger partial charge in [-0.3, -0.25) is 4.79 Å². The van der Waals surface area contributed by atoms with Crippen LogP contribution in [0.1, 0.15) is 13.8 Å². The molecular formula is C17H28F2N2O11. The summed E-state index contributed by atoms with van der Waals surface area (Å²) in [6, 6.07) is -1.38. The Balaban J connectivity index is 2.29. The maximum absolute atomic E-state index is 13.6. The van der Waals surface area contributed by atoms with E-state index < -0.39 is 92.3 Å². The van der Waals surface area contributed by atoms with Gasteiger partial charge in [-0.15, -0.1) is 0 Å². The number of aliphatic hydroxyl groups is 4. The number of amides is 1. The minimum absolute atomic E-state index is 0.644. The van der Waals surface area contributed by atoms with Gasteiger partial charge in [-0.25, -0.2) is 13.6 Å². The number of hydrogen-bond donors (Lipinski definition) is 7. The molecule has 4 unspecified atom stereocenters. The minimum atomic E-state index is -3.53. The van der Waals surface area contributed by atoms with E-state index in [-0.39, 0.29) is 0 Å². The van der Waals surface area contributed by atoms with Crippen molar-refractivity contribution in [2.24, 2.45) is 5.73 Å². The Hall–Kier alpha value is -1.56. The molecule has 2 rings (SSSR count). The normalized spacial score (nSPS) is 40.7. The molecule has 1 amide bonds. The summed E-state index contributed by atoms with van der Waals surface area (Å²) in [4.78, 5) is 22.8. The second-order valence-electron chi connectivity index (χ2n) is 7.63. The first-order chi connectivity index (χ1) is 14.8. The van der Waals surface area contributed by atoms with Crippen molar-refractivity contribution in [3.05, 3.63) is 0 Å². The number of carbonyl (C=O) groups is 2. The number of alkyl halides is 2. The summed E-state index contributed by atoms with van der Waals surface area (Å²) in [7, 11) is 0. The first kappa shape index (κ1) is 26.7. The first-order valence-corrected chi connectivity index (χ1v) is 9.67. The van der Waals surface area contributed by atoms with Gasteiger partial charge in [0.25, 0.3) is 5.92 Å². The highest BCUT2D eigenvalue weighted by atomic mass is 19.3. The number of aliphatic carboxylic acids is 1. The van der Waals surface area contributed by atoms with Crippen molar-refractivity contribution < 1.29 is 62.8 Å². The maximum atomic E-state index is 13.6. The number of ether oxygens (including phenoxy) is 4. The zero-order chi connectivity index (χ0) is 24.4. The Morgan fingerprint density at radius 3 is 2.22 bits per heavy atom. The largest absolute Gasteiger partial charge is 0.479 e. The highest BCUT2D eigenvalue weighted by molar-refractivity contribution is 5.73. The SMILES string of the molecule is CC(=O)N[C@H]1C(O)[C@H](O)C(C)O[C@H]1O[C@H]1C(O)[C@H](O)C(C(=O)O)O[C@H]1OCC(F)(F)CN. The number of nitrogens with one attached hydrogen (secondary N) is 1. The maximum Gasteiger partial charge on any atom is 0.335 e. The zero-order valence-corrected chi connectivity index (χ0v) is 17.2. The van der Waals surface area contributed by atoms with E-state index in [9.17, 15) is 43.9 Å². The summed E-state index contributed by atoms with van der Waals surface area (Å²) >= 11 is 0. The molecule has 10 atom stereocenters. The molecule has 2 heterocycles. The molecule has 0 aromatic carbocycles. The third-order valence-electron chi connectivity index (χ3n) is 5.05. The van der Waals surface area contributed by atoms with E-state index in [2.05, 4.69) is 5.32 Å². The Labute approximate surface area is 181 Å². The van der Waals surface area contributed by atoms with Gasteiger partial charge in [0.05, 0.1) is 12.6 Å². The fourth-order valence-electron chi connectivity index (χ4n) is 3.27. The van der Waals surface area contributed by atoms with Gasteiger partial charge in [-0.1, -0.05) is 0 Å². The summed E-state index contributed by atoms with van der Waals surface area (Å²) < 4.78 is 48.0. The lowest BCUT2D eigenvalue weighted by atomic mass is 9.96. The summed E-state index contributed by atoms with van der Waals surface area (Å²) in [5, 5.41) is 52.3. The van der Waals surface area contributed by atoms with Crippen molar-refractivity contribution in [2.75, 3.05) is 13.2 Å². The van der Waals surface area contributed by atoms with Crippen LogP contribution in [0, 0.1) is 0 Å². The lowest BCUT2D eigenvalue weighted by Gasteiger charge is -2.46. The van der Waals surface area contributed by atoms with Crippen molar-refractivity contribution in [3.8, 4) is 0 Å². The molecule has 0 radical (unpaired) electrons. The summed E-state index contributed by atoms with van der Waals surface area (Å²) in [5.41, 5.74) is 4.94. The van der Waals surface area contributed by atoms with Gasteiger partial charge >= 0.3 is 5.97 Å². The van der Waals surface area contributed by atoms with E-state index in [4.69, 9.17) is 24.7 Å². The molecule has 2 fully saturated rings. The Morgan fingerprint density at radius 2 is 1.69 bits per heavy atom. The number of rotatable bonds is 8. The van der Waals surface area contributed by atoms with Gasteiger partial charge < -0.3 is 55.5 Å². The molecule has 32 heavy (non-hydrogen) atoms. The molecule has 2 aliphatic heterocycles. The van der Waals surface area contributed by atoms with Gasteiger partial charge in [-0.2, -0.15) is 0 Å². The van der Waals surface area contributed by atoms with Crippen LogP contribution < -0.4 is 11.1 Å². The number of carboxylic acid groups (broad SMARTS) is 1. The molecular weight excluding hydrogens is 446 g/mol. The summed E-state index contributed by atoms with van der Waals surface area (Å²) in [5.74, 6) is -5.87. The molecule has 15 heteroatoms. The van der Waals surface area contributed by atoms with Gasteiger partial charge in [-0.05, 0) is 6.92 Å². The Morgan fingerprint density at radius 1 is 1.06 bits per heavy atom. The average Bonchev–Trinajstić information content (AvgIpc) is 2.71. The van der Waals surface area contributed by atoms with E-state index in [0.717, 1.165) is 6.92 Å². The van der Waals surface area contributed by atoms with Crippen molar-refractivity contribution in [1.82, 2.24) is 5.32 Å². The number of hydrogen-bond acceptors (Lipinski definition) is 11. The molecule has 2 aliphatic rings. The number of aliphatic hydroxyl groups excluding tert-OH is 4. The van der Waals surface area contributed by atoms with Crippen molar-refractivity contribution in [3.63, 3.8) is 0 Å².